The Labute approximate surface area is 130 Å². The van der Waals surface area contributed by atoms with Crippen molar-refractivity contribution in [3.63, 3.8) is 0 Å². The number of phenolic OH excluding ortho intramolecular Hbond substituents is 2. The zero-order valence-corrected chi connectivity index (χ0v) is 12.5. The molecule has 0 radical (unpaired) electrons. The molecular formula is C19H21NO2. The number of hydrogen-bond donors (Lipinski definition) is 3. The lowest BCUT2D eigenvalue weighted by molar-refractivity contribution is 0.360. The van der Waals surface area contributed by atoms with Crippen LogP contribution in [0.5, 0.6) is 11.5 Å². The van der Waals surface area contributed by atoms with Crippen LogP contribution in [-0.4, -0.2) is 16.3 Å². The van der Waals surface area contributed by atoms with Crippen LogP contribution >= 0.6 is 0 Å². The number of hydrogen-bond acceptors (Lipinski definition) is 3. The maximum Gasteiger partial charge on any atom is 0.160 e. The van der Waals surface area contributed by atoms with Crippen LogP contribution < -0.4 is 5.73 Å². The van der Waals surface area contributed by atoms with Gasteiger partial charge in [0.05, 0.1) is 0 Å². The number of phenols is 2. The number of benzene rings is 2. The number of aromatic hydroxyl groups is 2. The average molecular weight is 295 g/mol. The average Bonchev–Trinajstić information content (AvgIpc) is 2.56. The van der Waals surface area contributed by atoms with Crippen LogP contribution in [0.4, 0.5) is 0 Å². The predicted molar refractivity (Wildman–Crippen MR) is 86.3 cm³/mol. The molecule has 0 spiro atoms. The minimum atomic E-state index is 0.0108. The molecule has 4 N–H and O–H groups in total. The molecule has 0 bridgehead atoms. The van der Waals surface area contributed by atoms with Gasteiger partial charge in [0.2, 0.25) is 0 Å². The van der Waals surface area contributed by atoms with Crippen molar-refractivity contribution in [3.05, 3.63) is 58.7 Å². The van der Waals surface area contributed by atoms with E-state index in [0.717, 1.165) is 31.2 Å². The number of aryl methyl sites for hydroxylation is 1. The molecule has 0 aromatic heterocycles. The molecule has 3 heteroatoms. The van der Waals surface area contributed by atoms with Gasteiger partial charge in [0.1, 0.15) is 0 Å². The first-order valence-electron chi connectivity index (χ1n) is 8.02. The van der Waals surface area contributed by atoms with Crippen molar-refractivity contribution in [2.75, 3.05) is 0 Å². The van der Waals surface area contributed by atoms with Crippen molar-refractivity contribution in [2.24, 2.45) is 5.73 Å². The smallest absolute Gasteiger partial charge is 0.160 e. The topological polar surface area (TPSA) is 66.5 Å². The largest absolute Gasteiger partial charge is 0.504 e. The highest BCUT2D eigenvalue weighted by Crippen LogP contribution is 2.50. The second kappa shape index (κ2) is 5.03. The normalized spacial score (nSPS) is 26.5. The zero-order valence-electron chi connectivity index (χ0n) is 12.5. The Bertz CT molecular complexity index is 711. The molecule has 2 aromatic rings. The minimum absolute atomic E-state index is 0.0108. The highest BCUT2D eigenvalue weighted by atomic mass is 16.3. The van der Waals surface area contributed by atoms with Crippen molar-refractivity contribution in [1.82, 2.24) is 0 Å². The first-order chi connectivity index (χ1) is 10.6. The van der Waals surface area contributed by atoms with E-state index >= 15 is 0 Å². The first-order valence-corrected chi connectivity index (χ1v) is 8.02. The molecule has 0 amide bonds. The van der Waals surface area contributed by atoms with Crippen LogP contribution in [0.2, 0.25) is 0 Å². The lowest BCUT2D eigenvalue weighted by atomic mass is 9.66. The molecule has 22 heavy (non-hydrogen) atoms. The number of nitrogens with two attached hydrogens (primary N) is 1. The van der Waals surface area contributed by atoms with E-state index in [1.165, 1.54) is 16.7 Å². The Balaban J connectivity index is 1.85. The molecule has 4 rings (SSSR count). The summed E-state index contributed by atoms with van der Waals surface area (Å²) >= 11 is 0. The quantitative estimate of drug-likeness (QED) is 0.708. The Hall–Kier alpha value is -2.00. The summed E-state index contributed by atoms with van der Waals surface area (Å²) in [5, 5.41) is 20.4. The van der Waals surface area contributed by atoms with Crippen LogP contribution in [0.25, 0.3) is 0 Å². The van der Waals surface area contributed by atoms with Gasteiger partial charge < -0.3 is 15.9 Å². The Morgan fingerprint density at radius 3 is 2.64 bits per heavy atom. The summed E-state index contributed by atoms with van der Waals surface area (Å²) in [6.07, 6.45) is 3.64. The first kappa shape index (κ1) is 13.6. The second-order valence-electron chi connectivity index (χ2n) is 6.65. The summed E-state index contributed by atoms with van der Waals surface area (Å²) in [6.45, 7) is 0. The minimum Gasteiger partial charge on any atom is -0.504 e. The lowest BCUT2D eigenvalue weighted by Crippen LogP contribution is -2.37. The molecule has 0 heterocycles. The number of rotatable bonds is 1. The van der Waals surface area contributed by atoms with Crippen molar-refractivity contribution in [2.45, 2.75) is 43.6 Å². The van der Waals surface area contributed by atoms with Gasteiger partial charge in [-0.3, -0.25) is 0 Å². The molecular weight excluding hydrogens is 274 g/mol. The van der Waals surface area contributed by atoms with Crippen LogP contribution in [0.15, 0.2) is 36.4 Å². The standard InChI is InChI=1S/C19H21NO2/c20-16-7-6-12-10-17(21)19(22)15-9-13(8-14(16)18(12)15)11-4-2-1-3-5-11/h1-5,10,13-14,16,21-22H,6-9,20H2. The van der Waals surface area contributed by atoms with Gasteiger partial charge in [-0.25, -0.2) is 0 Å². The summed E-state index contributed by atoms with van der Waals surface area (Å²) < 4.78 is 0. The van der Waals surface area contributed by atoms with E-state index in [9.17, 15) is 10.2 Å². The maximum absolute atomic E-state index is 10.4. The van der Waals surface area contributed by atoms with Gasteiger partial charge in [0, 0.05) is 17.5 Å². The van der Waals surface area contributed by atoms with Gasteiger partial charge in [-0.2, -0.15) is 0 Å². The SMILES string of the molecule is NC1CCc2cc(O)c(O)c3c2C1CC(c1ccccc1)C3. The fourth-order valence-electron chi connectivity index (χ4n) is 4.31. The Kier molecular flexibility index (Phi) is 3.12. The zero-order chi connectivity index (χ0) is 15.3. The van der Waals surface area contributed by atoms with E-state index in [1.54, 1.807) is 6.07 Å². The summed E-state index contributed by atoms with van der Waals surface area (Å²) in [4.78, 5) is 0. The van der Waals surface area contributed by atoms with Crippen molar-refractivity contribution >= 4 is 0 Å². The molecule has 2 aromatic carbocycles. The van der Waals surface area contributed by atoms with Crippen molar-refractivity contribution < 1.29 is 10.2 Å². The summed E-state index contributed by atoms with van der Waals surface area (Å²) in [7, 11) is 0. The van der Waals surface area contributed by atoms with Gasteiger partial charge in [0.15, 0.2) is 11.5 Å². The third-order valence-corrected chi connectivity index (χ3v) is 5.41. The van der Waals surface area contributed by atoms with Gasteiger partial charge in [-0.1, -0.05) is 30.3 Å². The van der Waals surface area contributed by atoms with Crippen LogP contribution in [0.1, 0.15) is 46.9 Å². The third kappa shape index (κ3) is 2.00. The van der Waals surface area contributed by atoms with Crippen LogP contribution in [-0.2, 0) is 12.8 Å². The highest BCUT2D eigenvalue weighted by molar-refractivity contribution is 5.57. The molecule has 0 fully saturated rings. The van der Waals surface area contributed by atoms with E-state index < -0.39 is 0 Å². The summed E-state index contributed by atoms with van der Waals surface area (Å²) in [6, 6.07) is 12.3. The van der Waals surface area contributed by atoms with E-state index in [0.29, 0.717) is 5.92 Å². The van der Waals surface area contributed by atoms with Gasteiger partial charge in [-0.05, 0) is 54.4 Å². The van der Waals surface area contributed by atoms with Gasteiger partial charge in [-0.15, -0.1) is 0 Å². The molecule has 2 aliphatic rings. The molecule has 2 aliphatic carbocycles. The maximum atomic E-state index is 10.4. The van der Waals surface area contributed by atoms with E-state index in [2.05, 4.69) is 24.3 Å². The van der Waals surface area contributed by atoms with E-state index in [4.69, 9.17) is 5.73 Å². The molecule has 0 saturated carbocycles. The van der Waals surface area contributed by atoms with Crippen molar-refractivity contribution in [3.8, 4) is 11.5 Å². The molecule has 0 saturated heterocycles. The molecule has 0 aliphatic heterocycles. The lowest BCUT2D eigenvalue weighted by Gasteiger charge is -2.40. The Morgan fingerprint density at radius 1 is 1.09 bits per heavy atom. The molecule has 3 atom stereocenters. The van der Waals surface area contributed by atoms with Crippen LogP contribution in [0.3, 0.4) is 0 Å². The fourth-order valence-corrected chi connectivity index (χ4v) is 4.31. The fraction of sp³-hybridized carbons (Fsp3) is 0.368. The van der Waals surface area contributed by atoms with E-state index in [1.807, 2.05) is 6.07 Å². The van der Waals surface area contributed by atoms with Gasteiger partial charge >= 0.3 is 0 Å². The summed E-state index contributed by atoms with van der Waals surface area (Å²) in [5.74, 6) is 0.697. The molecule has 3 nitrogen and oxygen atoms in total. The monoisotopic (exact) mass is 295 g/mol. The molecule has 3 unspecified atom stereocenters. The summed E-state index contributed by atoms with van der Waals surface area (Å²) in [5.41, 5.74) is 11.0. The van der Waals surface area contributed by atoms with Crippen molar-refractivity contribution in [1.29, 1.82) is 0 Å². The second-order valence-corrected chi connectivity index (χ2v) is 6.65. The van der Waals surface area contributed by atoms with Crippen LogP contribution in [0, 0.1) is 0 Å². The third-order valence-electron chi connectivity index (χ3n) is 5.41. The highest BCUT2D eigenvalue weighted by Gasteiger charge is 2.38. The molecule has 114 valence electrons. The van der Waals surface area contributed by atoms with E-state index in [-0.39, 0.29) is 23.5 Å². The van der Waals surface area contributed by atoms with Gasteiger partial charge in [0.25, 0.3) is 0 Å². The predicted octanol–water partition coefficient (Wildman–Crippen LogP) is 3.18. The Morgan fingerprint density at radius 2 is 1.86 bits per heavy atom.